The number of nitrogens with zero attached hydrogens (tertiary/aromatic N) is 2. The van der Waals surface area contributed by atoms with Crippen molar-refractivity contribution in [2.24, 2.45) is 0 Å². The molecule has 1 aromatic heterocycles. The van der Waals surface area contributed by atoms with Gasteiger partial charge in [0.15, 0.2) is 0 Å². The Morgan fingerprint density at radius 1 is 1.18 bits per heavy atom. The first kappa shape index (κ1) is 14.1. The Balaban J connectivity index is 0.00000144. The highest BCUT2D eigenvalue weighted by atomic mass is 127. The average molecular weight is 345 g/mol. The molecule has 0 amide bonds. The zero-order valence-corrected chi connectivity index (χ0v) is 12.4. The molecule has 1 heterocycles. The predicted octanol–water partition coefficient (Wildman–Crippen LogP) is -1.87. The fourth-order valence-corrected chi connectivity index (χ4v) is 1.74. The van der Waals surface area contributed by atoms with Gasteiger partial charge in [0.2, 0.25) is 0 Å². The standard InChI is InChI=1S/C12H15N3O.HI/c1-15(2,3)8-11-9-6-4-5-7-10(9)12(16)14-13-11;/h4-7H,8H2,1-3H3;1H. The molecule has 0 fully saturated rings. The number of quaternary nitrogens is 1. The summed E-state index contributed by atoms with van der Waals surface area (Å²) >= 11 is 0. The van der Waals surface area contributed by atoms with E-state index in [0.29, 0.717) is 5.39 Å². The van der Waals surface area contributed by atoms with E-state index in [2.05, 4.69) is 31.3 Å². The van der Waals surface area contributed by atoms with Gasteiger partial charge in [-0.3, -0.25) is 4.79 Å². The van der Waals surface area contributed by atoms with Gasteiger partial charge in [0.25, 0.3) is 5.56 Å². The maximum atomic E-state index is 11.6. The lowest BCUT2D eigenvalue weighted by molar-refractivity contribution is -0.884. The van der Waals surface area contributed by atoms with Crippen molar-refractivity contribution in [1.82, 2.24) is 10.2 Å². The van der Waals surface area contributed by atoms with Gasteiger partial charge in [-0.15, -0.1) is 0 Å². The molecule has 17 heavy (non-hydrogen) atoms. The van der Waals surface area contributed by atoms with Gasteiger partial charge in [0, 0.05) is 5.39 Å². The van der Waals surface area contributed by atoms with Crippen molar-refractivity contribution >= 4 is 10.8 Å². The fraction of sp³-hybridized carbons (Fsp3) is 0.333. The number of fused-ring (bicyclic) bond motifs is 1. The number of rotatable bonds is 2. The molecule has 0 spiro atoms. The summed E-state index contributed by atoms with van der Waals surface area (Å²) in [5.74, 6) is 0. The highest BCUT2D eigenvalue weighted by Crippen LogP contribution is 2.14. The van der Waals surface area contributed by atoms with Crippen LogP contribution in [0.4, 0.5) is 0 Å². The van der Waals surface area contributed by atoms with Crippen LogP contribution in [0.1, 0.15) is 5.69 Å². The molecule has 0 radical (unpaired) electrons. The number of aromatic nitrogens is 2. The topological polar surface area (TPSA) is 45.8 Å². The predicted molar refractivity (Wildman–Crippen MR) is 64.1 cm³/mol. The van der Waals surface area contributed by atoms with Crippen molar-refractivity contribution in [3.05, 3.63) is 40.3 Å². The van der Waals surface area contributed by atoms with Gasteiger partial charge in [0.05, 0.1) is 26.5 Å². The van der Waals surface area contributed by atoms with Gasteiger partial charge in [-0.25, -0.2) is 5.10 Å². The Morgan fingerprint density at radius 2 is 1.76 bits per heavy atom. The van der Waals surface area contributed by atoms with Crippen LogP contribution in [0, 0.1) is 0 Å². The molecule has 92 valence electrons. The molecule has 1 N–H and O–H groups in total. The summed E-state index contributed by atoms with van der Waals surface area (Å²) in [7, 11) is 6.30. The second-order valence-corrected chi connectivity index (χ2v) is 4.99. The van der Waals surface area contributed by atoms with Gasteiger partial charge in [0.1, 0.15) is 12.2 Å². The second-order valence-electron chi connectivity index (χ2n) is 4.99. The summed E-state index contributed by atoms with van der Waals surface area (Å²) in [4.78, 5) is 11.6. The van der Waals surface area contributed by atoms with Gasteiger partial charge >= 0.3 is 0 Å². The number of hydrogen-bond donors (Lipinski definition) is 1. The minimum absolute atomic E-state index is 0. The van der Waals surface area contributed by atoms with Crippen LogP contribution >= 0.6 is 0 Å². The molecule has 0 atom stereocenters. The third-order valence-corrected chi connectivity index (χ3v) is 2.40. The lowest BCUT2D eigenvalue weighted by Gasteiger charge is -2.23. The normalized spacial score (nSPS) is 11.2. The first-order valence-electron chi connectivity index (χ1n) is 5.24. The number of halogens is 1. The van der Waals surface area contributed by atoms with E-state index in [1.54, 1.807) is 0 Å². The first-order chi connectivity index (χ1) is 7.47. The number of benzene rings is 1. The molecule has 5 heteroatoms. The van der Waals surface area contributed by atoms with Gasteiger partial charge in [-0.1, -0.05) is 18.2 Å². The van der Waals surface area contributed by atoms with Gasteiger partial charge in [-0.05, 0) is 6.07 Å². The minimum atomic E-state index is -0.124. The van der Waals surface area contributed by atoms with Crippen LogP contribution in [0.15, 0.2) is 29.1 Å². The van der Waals surface area contributed by atoms with Crippen LogP contribution in [-0.2, 0) is 6.54 Å². The molecule has 0 unspecified atom stereocenters. The Bertz CT molecular complexity index is 572. The zero-order valence-electron chi connectivity index (χ0n) is 10.2. The average Bonchev–Trinajstić information content (AvgIpc) is 2.21. The molecule has 0 saturated carbocycles. The van der Waals surface area contributed by atoms with Crippen molar-refractivity contribution in [3.8, 4) is 0 Å². The van der Waals surface area contributed by atoms with Crippen molar-refractivity contribution in [3.63, 3.8) is 0 Å². The maximum absolute atomic E-state index is 11.6. The molecule has 0 aliphatic rings. The summed E-state index contributed by atoms with van der Waals surface area (Å²) in [6, 6.07) is 7.58. The summed E-state index contributed by atoms with van der Waals surface area (Å²) in [5, 5.41) is 8.34. The number of nitrogens with one attached hydrogen (secondary N) is 1. The lowest BCUT2D eigenvalue weighted by atomic mass is 10.1. The zero-order chi connectivity index (χ0) is 11.8. The fourth-order valence-electron chi connectivity index (χ4n) is 1.74. The molecule has 2 aromatic rings. The summed E-state index contributed by atoms with van der Waals surface area (Å²) in [5.41, 5.74) is 0.809. The molecule has 0 aliphatic heterocycles. The summed E-state index contributed by atoms with van der Waals surface area (Å²) in [6.45, 7) is 0.789. The van der Waals surface area contributed by atoms with Crippen molar-refractivity contribution < 1.29 is 28.5 Å². The molecule has 0 bridgehead atoms. The molecule has 4 nitrogen and oxygen atoms in total. The van der Waals surface area contributed by atoms with Crippen LogP contribution in [0.3, 0.4) is 0 Å². The largest absolute Gasteiger partial charge is 1.00 e. The van der Waals surface area contributed by atoms with E-state index in [0.717, 1.165) is 22.1 Å². The van der Waals surface area contributed by atoms with Crippen LogP contribution in [0.25, 0.3) is 10.8 Å². The van der Waals surface area contributed by atoms with Crippen molar-refractivity contribution in [2.75, 3.05) is 21.1 Å². The van der Waals surface area contributed by atoms with Crippen molar-refractivity contribution in [1.29, 1.82) is 0 Å². The van der Waals surface area contributed by atoms with Crippen LogP contribution in [0.5, 0.6) is 0 Å². The molecule has 0 saturated heterocycles. The van der Waals surface area contributed by atoms with Crippen LogP contribution in [-0.4, -0.2) is 35.8 Å². The van der Waals surface area contributed by atoms with E-state index in [1.807, 2.05) is 24.3 Å². The van der Waals surface area contributed by atoms with E-state index in [1.165, 1.54) is 0 Å². The highest BCUT2D eigenvalue weighted by Gasteiger charge is 2.13. The summed E-state index contributed by atoms with van der Waals surface area (Å²) in [6.07, 6.45) is 0. The molecule has 2 rings (SSSR count). The third-order valence-electron chi connectivity index (χ3n) is 2.40. The van der Waals surface area contributed by atoms with Gasteiger partial charge < -0.3 is 28.5 Å². The van der Waals surface area contributed by atoms with E-state index < -0.39 is 0 Å². The van der Waals surface area contributed by atoms with E-state index in [4.69, 9.17) is 0 Å². The number of hydrogen-bond acceptors (Lipinski definition) is 2. The van der Waals surface area contributed by atoms with E-state index in [-0.39, 0.29) is 29.5 Å². The smallest absolute Gasteiger partial charge is 0.272 e. The quantitative estimate of drug-likeness (QED) is 0.512. The lowest BCUT2D eigenvalue weighted by Crippen LogP contribution is -3.00. The molecule has 1 aromatic carbocycles. The van der Waals surface area contributed by atoms with Gasteiger partial charge in [-0.2, -0.15) is 5.10 Å². The van der Waals surface area contributed by atoms with Crippen LogP contribution in [0.2, 0.25) is 0 Å². The van der Waals surface area contributed by atoms with E-state index >= 15 is 0 Å². The molecular formula is C12H16IN3O. The first-order valence-corrected chi connectivity index (χ1v) is 5.24. The third kappa shape index (κ3) is 3.26. The maximum Gasteiger partial charge on any atom is 0.272 e. The monoisotopic (exact) mass is 345 g/mol. The molecule has 0 aliphatic carbocycles. The van der Waals surface area contributed by atoms with Crippen LogP contribution < -0.4 is 29.5 Å². The second kappa shape index (κ2) is 5.14. The SMILES string of the molecule is C[N+](C)(C)Cc1n[nH]c(=O)c2ccccc12.[I-]. The minimum Gasteiger partial charge on any atom is -1.00 e. The Hall–Kier alpha value is -0.950. The Kier molecular flexibility index (Phi) is 4.26. The van der Waals surface area contributed by atoms with E-state index in [9.17, 15) is 4.79 Å². The summed E-state index contributed by atoms with van der Waals surface area (Å²) < 4.78 is 0.781. The number of aromatic amines is 1. The number of H-pyrrole nitrogens is 1. The highest BCUT2D eigenvalue weighted by molar-refractivity contribution is 5.83. The molecular weight excluding hydrogens is 329 g/mol. The van der Waals surface area contributed by atoms with Crippen molar-refractivity contribution in [2.45, 2.75) is 6.54 Å². The Labute approximate surface area is 117 Å². The Morgan fingerprint density at radius 3 is 2.35 bits per heavy atom.